The van der Waals surface area contributed by atoms with Crippen LogP contribution in [0.15, 0.2) is 18.2 Å². The van der Waals surface area contributed by atoms with Crippen molar-refractivity contribution in [2.24, 2.45) is 0 Å². The maximum absolute atomic E-state index is 12.1. The molecule has 0 spiro atoms. The van der Waals surface area contributed by atoms with Crippen LogP contribution in [0.25, 0.3) is 0 Å². The van der Waals surface area contributed by atoms with Gasteiger partial charge in [-0.2, -0.15) is 0 Å². The molecule has 1 aliphatic heterocycles. The fourth-order valence-corrected chi connectivity index (χ4v) is 2.71. The standard InChI is InChI=1S/C14H18ClN3O3/c1-10-4-2-3-7-17(10)9-14(19)16-13-6-5-11(18(20)21)8-12(13)15/h5-6,8,10H,2-4,7,9H2,1H3,(H,16,19)/t10-/m1/s1. The van der Waals surface area contributed by atoms with Crippen molar-refractivity contribution in [1.29, 1.82) is 0 Å². The predicted molar refractivity (Wildman–Crippen MR) is 81.6 cm³/mol. The lowest BCUT2D eigenvalue weighted by molar-refractivity contribution is -0.384. The minimum absolute atomic E-state index is 0.0948. The molecule has 0 radical (unpaired) electrons. The van der Waals surface area contributed by atoms with E-state index in [1.165, 1.54) is 24.6 Å². The zero-order valence-corrected chi connectivity index (χ0v) is 12.6. The summed E-state index contributed by atoms with van der Waals surface area (Å²) in [5.74, 6) is -0.153. The first-order chi connectivity index (χ1) is 9.97. The summed E-state index contributed by atoms with van der Waals surface area (Å²) >= 11 is 5.96. The van der Waals surface area contributed by atoms with Crippen molar-refractivity contribution in [2.45, 2.75) is 32.2 Å². The van der Waals surface area contributed by atoms with Gasteiger partial charge in [-0.1, -0.05) is 18.0 Å². The van der Waals surface area contributed by atoms with E-state index in [4.69, 9.17) is 11.6 Å². The molecule has 7 heteroatoms. The number of nitrogens with zero attached hydrogens (tertiary/aromatic N) is 2. The van der Waals surface area contributed by atoms with Crippen LogP contribution in [0, 0.1) is 10.1 Å². The van der Waals surface area contributed by atoms with Crippen molar-refractivity contribution < 1.29 is 9.72 Å². The maximum Gasteiger partial charge on any atom is 0.271 e. The Morgan fingerprint density at radius 2 is 2.29 bits per heavy atom. The van der Waals surface area contributed by atoms with Crippen LogP contribution in [0.3, 0.4) is 0 Å². The summed E-state index contributed by atoms with van der Waals surface area (Å²) in [4.78, 5) is 24.3. The molecule has 1 saturated heterocycles. The number of hydrogen-bond acceptors (Lipinski definition) is 4. The lowest BCUT2D eigenvalue weighted by Gasteiger charge is -2.32. The first-order valence-electron chi connectivity index (χ1n) is 6.95. The third-order valence-corrected chi connectivity index (χ3v) is 4.04. The number of nitro groups is 1. The van der Waals surface area contributed by atoms with E-state index in [-0.39, 0.29) is 16.6 Å². The second-order valence-electron chi connectivity index (χ2n) is 5.28. The molecule has 1 heterocycles. The molecule has 2 rings (SSSR count). The molecule has 1 N–H and O–H groups in total. The molecular weight excluding hydrogens is 294 g/mol. The van der Waals surface area contributed by atoms with Gasteiger partial charge in [0.2, 0.25) is 5.91 Å². The third-order valence-electron chi connectivity index (χ3n) is 3.72. The molecule has 1 amide bonds. The van der Waals surface area contributed by atoms with E-state index in [0.29, 0.717) is 18.3 Å². The highest BCUT2D eigenvalue weighted by Gasteiger charge is 2.21. The lowest BCUT2D eigenvalue weighted by atomic mass is 10.0. The Labute approximate surface area is 128 Å². The Morgan fingerprint density at radius 1 is 1.52 bits per heavy atom. The van der Waals surface area contributed by atoms with Crippen LogP contribution in [0.5, 0.6) is 0 Å². The minimum atomic E-state index is -0.521. The smallest absolute Gasteiger partial charge is 0.271 e. The summed E-state index contributed by atoms with van der Waals surface area (Å²) in [7, 11) is 0. The van der Waals surface area contributed by atoms with Gasteiger partial charge in [-0.25, -0.2) is 0 Å². The lowest BCUT2D eigenvalue weighted by Crippen LogP contribution is -2.42. The van der Waals surface area contributed by atoms with Crippen LogP contribution in [-0.4, -0.2) is 34.9 Å². The van der Waals surface area contributed by atoms with E-state index >= 15 is 0 Å². The number of likely N-dealkylation sites (tertiary alicyclic amines) is 1. The van der Waals surface area contributed by atoms with Crippen molar-refractivity contribution in [2.75, 3.05) is 18.4 Å². The van der Waals surface area contributed by atoms with Crippen molar-refractivity contribution >= 4 is 28.9 Å². The van der Waals surface area contributed by atoms with Crippen molar-refractivity contribution in [3.63, 3.8) is 0 Å². The number of non-ortho nitro benzene ring substituents is 1. The number of nitro benzene ring substituents is 1. The number of carbonyl (C=O) groups excluding carboxylic acids is 1. The van der Waals surface area contributed by atoms with Gasteiger partial charge in [0.05, 0.1) is 22.2 Å². The molecular formula is C14H18ClN3O3. The number of anilines is 1. The number of benzene rings is 1. The first-order valence-corrected chi connectivity index (χ1v) is 7.33. The van der Waals surface area contributed by atoms with E-state index in [9.17, 15) is 14.9 Å². The summed E-state index contributed by atoms with van der Waals surface area (Å²) in [5, 5.41) is 13.5. The monoisotopic (exact) mass is 311 g/mol. The maximum atomic E-state index is 12.1. The van der Waals surface area contributed by atoms with E-state index in [1.54, 1.807) is 0 Å². The molecule has 114 valence electrons. The summed E-state index contributed by atoms with van der Waals surface area (Å²) < 4.78 is 0. The van der Waals surface area contributed by atoms with Gasteiger partial charge < -0.3 is 5.32 Å². The number of piperidine rings is 1. The number of hydrogen-bond donors (Lipinski definition) is 1. The third kappa shape index (κ3) is 4.15. The quantitative estimate of drug-likeness (QED) is 0.685. The summed E-state index contributed by atoms with van der Waals surface area (Å²) in [6.45, 7) is 3.35. The highest BCUT2D eigenvalue weighted by Crippen LogP contribution is 2.26. The Balaban J connectivity index is 1.97. The van der Waals surface area contributed by atoms with Crippen LogP contribution in [0.2, 0.25) is 5.02 Å². The number of halogens is 1. The van der Waals surface area contributed by atoms with E-state index in [1.807, 2.05) is 0 Å². The van der Waals surface area contributed by atoms with Crippen LogP contribution in [0.1, 0.15) is 26.2 Å². The molecule has 1 fully saturated rings. The zero-order valence-electron chi connectivity index (χ0n) is 11.8. The zero-order chi connectivity index (χ0) is 15.4. The summed E-state index contributed by atoms with van der Waals surface area (Å²) in [5.41, 5.74) is 0.305. The highest BCUT2D eigenvalue weighted by atomic mass is 35.5. The molecule has 21 heavy (non-hydrogen) atoms. The SMILES string of the molecule is C[C@@H]1CCCCN1CC(=O)Nc1ccc([N+](=O)[O-])cc1Cl. The molecule has 0 aromatic heterocycles. The fourth-order valence-electron chi connectivity index (χ4n) is 2.49. The Morgan fingerprint density at radius 3 is 2.90 bits per heavy atom. The largest absolute Gasteiger partial charge is 0.324 e. The molecule has 0 unspecified atom stereocenters. The van der Waals surface area contributed by atoms with E-state index in [0.717, 1.165) is 19.4 Å². The Hall–Kier alpha value is -1.66. The van der Waals surface area contributed by atoms with Crippen molar-refractivity contribution in [1.82, 2.24) is 4.90 Å². The predicted octanol–water partition coefficient (Wildman–Crippen LogP) is 3.06. The van der Waals surface area contributed by atoms with Gasteiger partial charge in [-0.3, -0.25) is 19.8 Å². The second kappa shape index (κ2) is 6.87. The van der Waals surface area contributed by atoms with Crippen molar-refractivity contribution in [3.05, 3.63) is 33.3 Å². The number of rotatable bonds is 4. The van der Waals surface area contributed by atoms with Crippen LogP contribution in [-0.2, 0) is 4.79 Å². The average Bonchev–Trinajstić information content (AvgIpc) is 2.43. The van der Waals surface area contributed by atoms with Gasteiger partial charge in [0.1, 0.15) is 0 Å². The van der Waals surface area contributed by atoms with Gasteiger partial charge in [0.25, 0.3) is 5.69 Å². The highest BCUT2D eigenvalue weighted by molar-refractivity contribution is 6.34. The number of carbonyl (C=O) groups is 1. The molecule has 1 atom stereocenters. The van der Waals surface area contributed by atoms with Crippen LogP contribution < -0.4 is 5.32 Å². The van der Waals surface area contributed by atoms with Gasteiger partial charge >= 0.3 is 0 Å². The van der Waals surface area contributed by atoms with Crippen LogP contribution in [0.4, 0.5) is 11.4 Å². The van der Waals surface area contributed by atoms with Gasteiger partial charge in [0, 0.05) is 18.2 Å². The molecule has 0 saturated carbocycles. The molecule has 1 aromatic rings. The topological polar surface area (TPSA) is 75.5 Å². The number of nitrogens with one attached hydrogen (secondary N) is 1. The average molecular weight is 312 g/mol. The Kier molecular flexibility index (Phi) is 5.14. The summed E-state index contributed by atoms with van der Waals surface area (Å²) in [6.07, 6.45) is 3.41. The minimum Gasteiger partial charge on any atom is -0.324 e. The Bertz CT molecular complexity index is 550. The molecule has 0 aliphatic carbocycles. The van der Waals surface area contributed by atoms with E-state index < -0.39 is 4.92 Å². The van der Waals surface area contributed by atoms with Crippen molar-refractivity contribution in [3.8, 4) is 0 Å². The van der Waals surface area contributed by atoms with Gasteiger partial charge in [-0.15, -0.1) is 0 Å². The van der Waals surface area contributed by atoms with Crippen LogP contribution >= 0.6 is 11.6 Å². The normalized spacial score (nSPS) is 19.2. The number of amides is 1. The molecule has 1 aliphatic rings. The molecule has 0 bridgehead atoms. The van der Waals surface area contributed by atoms with Gasteiger partial charge in [-0.05, 0) is 32.4 Å². The molecule has 1 aromatic carbocycles. The first kappa shape index (κ1) is 15.7. The van der Waals surface area contributed by atoms with E-state index in [2.05, 4.69) is 17.1 Å². The fraction of sp³-hybridized carbons (Fsp3) is 0.500. The molecule has 6 nitrogen and oxygen atoms in total. The van der Waals surface area contributed by atoms with Gasteiger partial charge in [0.15, 0.2) is 0 Å². The summed E-state index contributed by atoms with van der Waals surface area (Å²) in [6, 6.07) is 4.42. The second-order valence-corrected chi connectivity index (χ2v) is 5.69.